The van der Waals surface area contributed by atoms with Crippen LogP contribution < -0.4 is 10.3 Å². The van der Waals surface area contributed by atoms with Crippen LogP contribution in [-0.4, -0.2) is 16.6 Å². The number of rotatable bonds is 1. The Bertz CT molecular complexity index is 681. The van der Waals surface area contributed by atoms with Crippen molar-refractivity contribution in [1.82, 2.24) is 9.97 Å². The number of aromatic amines is 1. The molecule has 0 saturated carbocycles. The number of para-hydroxylation sites is 1. The Morgan fingerprint density at radius 2 is 2.21 bits per heavy atom. The van der Waals surface area contributed by atoms with Gasteiger partial charge in [0.2, 0.25) is 5.82 Å². The van der Waals surface area contributed by atoms with Gasteiger partial charge in [-0.2, -0.15) is 4.39 Å². The number of aromatic nitrogens is 2. The van der Waals surface area contributed by atoms with Gasteiger partial charge in [-0.25, -0.2) is 4.98 Å². The predicted octanol–water partition coefficient (Wildman–Crippen LogP) is 1.94. The van der Waals surface area contributed by atoms with Crippen molar-refractivity contribution in [3.05, 3.63) is 57.5 Å². The summed E-state index contributed by atoms with van der Waals surface area (Å²) in [4.78, 5) is 18.1. The van der Waals surface area contributed by atoms with E-state index < -0.39 is 11.4 Å². The number of benzene rings is 1. The van der Waals surface area contributed by atoms with Crippen molar-refractivity contribution in [2.75, 3.05) is 6.61 Å². The molecule has 0 spiro atoms. The molecule has 0 saturated heterocycles. The Labute approximate surface area is 109 Å². The van der Waals surface area contributed by atoms with E-state index in [0.717, 1.165) is 17.7 Å². The van der Waals surface area contributed by atoms with Gasteiger partial charge in [0.25, 0.3) is 5.56 Å². The number of fused-ring (bicyclic) bond motifs is 1. The molecule has 1 atom stereocenters. The van der Waals surface area contributed by atoms with Gasteiger partial charge in [-0.1, -0.05) is 18.2 Å². The Kier molecular flexibility index (Phi) is 2.81. The zero-order chi connectivity index (χ0) is 13.4. The summed E-state index contributed by atoms with van der Waals surface area (Å²) >= 11 is 0. The molecule has 0 radical (unpaired) electrons. The molecule has 0 bridgehead atoms. The van der Waals surface area contributed by atoms with Crippen LogP contribution >= 0.6 is 0 Å². The second-order valence-corrected chi connectivity index (χ2v) is 4.67. The van der Waals surface area contributed by atoms with Crippen LogP contribution in [0.4, 0.5) is 4.39 Å². The maximum Gasteiger partial charge on any atom is 0.287 e. The zero-order valence-electron chi connectivity index (χ0n) is 10.4. The van der Waals surface area contributed by atoms with Crippen LogP contribution in [0.3, 0.4) is 0 Å². The Morgan fingerprint density at radius 3 is 3.00 bits per heavy atom. The van der Waals surface area contributed by atoms with E-state index in [2.05, 4.69) is 9.97 Å². The Morgan fingerprint density at radius 1 is 1.42 bits per heavy atom. The smallest absolute Gasteiger partial charge is 0.287 e. The van der Waals surface area contributed by atoms with Crippen LogP contribution in [0, 0.1) is 12.7 Å². The lowest BCUT2D eigenvalue weighted by Gasteiger charge is -2.24. The Balaban J connectivity index is 1.95. The lowest BCUT2D eigenvalue weighted by Crippen LogP contribution is -2.25. The second-order valence-electron chi connectivity index (χ2n) is 4.67. The number of hydrogen-bond donors (Lipinski definition) is 1. The fraction of sp³-hybridized carbons (Fsp3) is 0.286. The predicted molar refractivity (Wildman–Crippen MR) is 67.9 cm³/mol. The molecule has 1 unspecified atom stereocenters. The van der Waals surface area contributed by atoms with Gasteiger partial charge in [0.1, 0.15) is 11.6 Å². The molecule has 1 aromatic heterocycles. The normalized spacial score (nSPS) is 17.7. The van der Waals surface area contributed by atoms with Gasteiger partial charge in [-0.05, 0) is 25.0 Å². The number of aryl methyl sites for hydroxylation is 1. The van der Waals surface area contributed by atoms with Crippen LogP contribution in [-0.2, 0) is 6.42 Å². The number of nitrogens with zero attached hydrogens (tertiary/aromatic N) is 1. The maximum atomic E-state index is 13.3. The van der Waals surface area contributed by atoms with E-state index in [1.165, 1.54) is 6.92 Å². The van der Waals surface area contributed by atoms with Crippen LogP contribution in [0.5, 0.6) is 5.75 Å². The van der Waals surface area contributed by atoms with Crippen molar-refractivity contribution >= 4 is 0 Å². The SMILES string of the molecule is Cc1nc(C2COc3ccccc3C2)[nH]c(=O)c1F. The second kappa shape index (κ2) is 4.50. The van der Waals surface area contributed by atoms with Crippen molar-refractivity contribution in [2.24, 2.45) is 0 Å². The quantitative estimate of drug-likeness (QED) is 0.852. The van der Waals surface area contributed by atoms with Gasteiger partial charge in [0.05, 0.1) is 18.2 Å². The highest BCUT2D eigenvalue weighted by Gasteiger charge is 2.24. The van der Waals surface area contributed by atoms with E-state index in [0.29, 0.717) is 12.4 Å². The standard InChI is InChI=1S/C14H13FN2O2/c1-8-12(15)14(18)17-13(16-8)10-6-9-4-2-3-5-11(9)19-7-10/h2-5,10H,6-7H2,1H3,(H,16,17,18). The van der Waals surface area contributed by atoms with Crippen molar-refractivity contribution < 1.29 is 9.13 Å². The van der Waals surface area contributed by atoms with Crippen molar-refractivity contribution in [3.63, 3.8) is 0 Å². The summed E-state index contributed by atoms with van der Waals surface area (Å²) in [7, 11) is 0. The molecule has 1 N–H and O–H groups in total. The van der Waals surface area contributed by atoms with Crippen LogP contribution in [0.25, 0.3) is 0 Å². The highest BCUT2D eigenvalue weighted by Crippen LogP contribution is 2.30. The van der Waals surface area contributed by atoms with E-state index in [1.54, 1.807) is 0 Å². The molecule has 3 rings (SSSR count). The highest BCUT2D eigenvalue weighted by molar-refractivity contribution is 5.36. The summed E-state index contributed by atoms with van der Waals surface area (Å²) in [6, 6.07) is 7.76. The summed E-state index contributed by atoms with van der Waals surface area (Å²) in [5.74, 6) is 0.473. The van der Waals surface area contributed by atoms with Gasteiger partial charge in [-0.3, -0.25) is 4.79 Å². The molecule has 98 valence electrons. The third kappa shape index (κ3) is 2.12. The average molecular weight is 260 g/mol. The maximum absolute atomic E-state index is 13.3. The van der Waals surface area contributed by atoms with Crippen LogP contribution in [0.1, 0.15) is 23.0 Å². The molecule has 19 heavy (non-hydrogen) atoms. The monoisotopic (exact) mass is 260 g/mol. The molecule has 1 aliphatic heterocycles. The largest absolute Gasteiger partial charge is 0.493 e. The van der Waals surface area contributed by atoms with E-state index >= 15 is 0 Å². The van der Waals surface area contributed by atoms with Gasteiger partial charge in [0, 0.05) is 0 Å². The molecule has 0 aliphatic carbocycles. The molecule has 2 aromatic rings. The van der Waals surface area contributed by atoms with Crippen molar-refractivity contribution in [2.45, 2.75) is 19.3 Å². The highest BCUT2D eigenvalue weighted by atomic mass is 19.1. The van der Waals surface area contributed by atoms with Crippen molar-refractivity contribution in [3.8, 4) is 5.75 Å². The number of hydrogen-bond acceptors (Lipinski definition) is 3. The first-order chi connectivity index (χ1) is 9.15. The van der Waals surface area contributed by atoms with Gasteiger partial charge < -0.3 is 9.72 Å². The van der Waals surface area contributed by atoms with Gasteiger partial charge in [-0.15, -0.1) is 0 Å². The summed E-state index contributed by atoms with van der Waals surface area (Å²) in [6.45, 7) is 1.93. The minimum Gasteiger partial charge on any atom is -0.493 e. The number of H-pyrrole nitrogens is 1. The lowest BCUT2D eigenvalue weighted by atomic mass is 9.96. The van der Waals surface area contributed by atoms with Crippen molar-refractivity contribution in [1.29, 1.82) is 0 Å². The van der Waals surface area contributed by atoms with Gasteiger partial charge in [0.15, 0.2) is 0 Å². The van der Waals surface area contributed by atoms with Crippen LogP contribution in [0.15, 0.2) is 29.1 Å². The van der Waals surface area contributed by atoms with E-state index in [9.17, 15) is 9.18 Å². The number of nitrogens with one attached hydrogen (secondary N) is 1. The first-order valence-electron chi connectivity index (χ1n) is 6.12. The van der Waals surface area contributed by atoms with Crippen LogP contribution in [0.2, 0.25) is 0 Å². The summed E-state index contributed by atoms with van der Waals surface area (Å²) in [5.41, 5.74) is 0.474. The van der Waals surface area contributed by atoms with E-state index in [4.69, 9.17) is 4.74 Å². The molecule has 1 aromatic carbocycles. The third-order valence-electron chi connectivity index (χ3n) is 3.31. The number of halogens is 1. The minimum atomic E-state index is -0.819. The third-order valence-corrected chi connectivity index (χ3v) is 3.31. The summed E-state index contributed by atoms with van der Waals surface area (Å²) < 4.78 is 18.9. The summed E-state index contributed by atoms with van der Waals surface area (Å²) in [6.07, 6.45) is 0.726. The van der Waals surface area contributed by atoms with E-state index in [1.807, 2.05) is 24.3 Å². The molecule has 2 heterocycles. The fourth-order valence-electron chi connectivity index (χ4n) is 2.29. The average Bonchev–Trinajstić information content (AvgIpc) is 2.43. The first kappa shape index (κ1) is 11.9. The first-order valence-corrected chi connectivity index (χ1v) is 6.12. The zero-order valence-corrected chi connectivity index (χ0v) is 10.4. The molecule has 0 fully saturated rings. The molecule has 1 aliphatic rings. The Hall–Kier alpha value is -2.17. The topological polar surface area (TPSA) is 55.0 Å². The number of ether oxygens (including phenoxy) is 1. The minimum absolute atomic E-state index is 0.0538. The molecular formula is C14H13FN2O2. The molecule has 0 amide bonds. The molecular weight excluding hydrogens is 247 g/mol. The van der Waals surface area contributed by atoms with E-state index in [-0.39, 0.29) is 11.6 Å². The fourth-order valence-corrected chi connectivity index (χ4v) is 2.29. The molecule has 4 nitrogen and oxygen atoms in total. The lowest BCUT2D eigenvalue weighted by molar-refractivity contribution is 0.257. The summed E-state index contributed by atoms with van der Waals surface area (Å²) in [5, 5.41) is 0. The molecule has 5 heteroatoms. The van der Waals surface area contributed by atoms with Gasteiger partial charge >= 0.3 is 0 Å².